The van der Waals surface area contributed by atoms with E-state index in [-0.39, 0.29) is 0 Å². The Morgan fingerprint density at radius 2 is 2.10 bits per heavy atom. The zero-order chi connectivity index (χ0) is 13.9. The average Bonchev–Trinajstić information content (AvgIpc) is 2.95. The number of anilines is 2. The van der Waals surface area contributed by atoms with E-state index < -0.39 is 0 Å². The molecule has 6 heteroatoms. The second-order valence-corrected chi connectivity index (χ2v) is 4.62. The molecule has 0 unspecified atom stereocenters. The number of H-pyrrole nitrogens is 1. The zero-order valence-electron chi connectivity index (χ0n) is 11.5. The van der Waals surface area contributed by atoms with Gasteiger partial charge in [0.15, 0.2) is 0 Å². The summed E-state index contributed by atoms with van der Waals surface area (Å²) in [5, 5.41) is 3.02. The predicted octanol–water partition coefficient (Wildman–Crippen LogP) is 2.03. The lowest BCUT2D eigenvalue weighted by atomic mass is 10.2. The Hall–Kier alpha value is -2.63. The summed E-state index contributed by atoms with van der Waals surface area (Å²) in [6.07, 6.45) is 3.28. The minimum absolute atomic E-state index is 0.773. The monoisotopic (exact) mass is 268 g/mol. The molecule has 2 N–H and O–H groups in total. The first-order chi connectivity index (χ1) is 9.76. The minimum Gasteiger partial charge on any atom is -0.373 e. The van der Waals surface area contributed by atoms with Crippen LogP contribution in [0.3, 0.4) is 0 Å². The van der Waals surface area contributed by atoms with Crippen LogP contribution in [0.5, 0.6) is 0 Å². The summed E-state index contributed by atoms with van der Waals surface area (Å²) in [6.45, 7) is 0.773. The number of rotatable bonds is 4. The maximum atomic E-state index is 4.29. The van der Waals surface area contributed by atoms with Crippen molar-refractivity contribution < 1.29 is 0 Å². The molecule has 6 nitrogen and oxygen atoms in total. The van der Waals surface area contributed by atoms with Crippen molar-refractivity contribution in [3.8, 4) is 0 Å². The van der Waals surface area contributed by atoms with E-state index in [1.807, 2.05) is 26.2 Å². The fraction of sp³-hybridized carbons (Fsp3) is 0.214. The summed E-state index contributed by atoms with van der Waals surface area (Å²) in [4.78, 5) is 17.8. The molecule has 0 saturated heterocycles. The summed E-state index contributed by atoms with van der Waals surface area (Å²) in [7, 11) is 3.86. The number of aromatic amines is 1. The van der Waals surface area contributed by atoms with Crippen LogP contribution in [-0.4, -0.2) is 34.0 Å². The van der Waals surface area contributed by atoms with Crippen LogP contribution >= 0.6 is 0 Å². The van der Waals surface area contributed by atoms with E-state index in [9.17, 15) is 0 Å². The van der Waals surface area contributed by atoms with Gasteiger partial charge in [-0.05, 0) is 17.7 Å². The summed E-state index contributed by atoms with van der Waals surface area (Å²) in [5.74, 6) is 1.69. The Morgan fingerprint density at radius 1 is 1.20 bits per heavy atom. The molecule has 0 atom stereocenters. The van der Waals surface area contributed by atoms with Gasteiger partial charge >= 0.3 is 0 Å². The first-order valence-electron chi connectivity index (χ1n) is 6.39. The van der Waals surface area contributed by atoms with E-state index in [2.05, 4.69) is 42.3 Å². The van der Waals surface area contributed by atoms with Gasteiger partial charge in [-0.15, -0.1) is 0 Å². The highest BCUT2D eigenvalue weighted by molar-refractivity contribution is 5.75. The van der Waals surface area contributed by atoms with Gasteiger partial charge in [0.05, 0.1) is 17.4 Å². The molecule has 3 aromatic rings. The molecular formula is C14H16N6. The van der Waals surface area contributed by atoms with Gasteiger partial charge in [0.2, 0.25) is 0 Å². The molecule has 20 heavy (non-hydrogen) atoms. The Bertz CT molecular complexity index is 720. The van der Waals surface area contributed by atoms with Gasteiger partial charge in [-0.3, -0.25) is 0 Å². The third-order valence-corrected chi connectivity index (χ3v) is 3.20. The zero-order valence-corrected chi connectivity index (χ0v) is 11.5. The molecule has 0 aliphatic carbocycles. The molecule has 0 aliphatic rings. The van der Waals surface area contributed by atoms with Crippen molar-refractivity contribution in [3.63, 3.8) is 0 Å². The highest BCUT2D eigenvalue weighted by Gasteiger charge is 2.06. The number of hydrogen-bond acceptors (Lipinski definition) is 5. The molecule has 0 fully saturated rings. The first kappa shape index (κ1) is 12.4. The molecule has 102 valence electrons. The topological polar surface area (TPSA) is 69.7 Å². The van der Waals surface area contributed by atoms with Gasteiger partial charge in [-0.1, -0.05) is 6.07 Å². The number of fused-ring (bicyclic) bond motifs is 1. The van der Waals surface area contributed by atoms with Crippen molar-refractivity contribution in [2.75, 3.05) is 24.3 Å². The normalized spacial score (nSPS) is 10.7. The van der Waals surface area contributed by atoms with E-state index >= 15 is 0 Å². The molecule has 0 bridgehead atoms. The number of aromatic nitrogens is 4. The molecule has 3 rings (SSSR count). The molecule has 0 spiro atoms. The first-order valence-corrected chi connectivity index (χ1v) is 6.39. The van der Waals surface area contributed by atoms with Crippen molar-refractivity contribution in [3.05, 3.63) is 42.5 Å². The van der Waals surface area contributed by atoms with Gasteiger partial charge < -0.3 is 15.2 Å². The molecular weight excluding hydrogens is 252 g/mol. The van der Waals surface area contributed by atoms with Crippen molar-refractivity contribution >= 4 is 22.7 Å². The van der Waals surface area contributed by atoms with Crippen LogP contribution in [-0.2, 0) is 6.54 Å². The van der Waals surface area contributed by atoms with Crippen molar-refractivity contribution in [2.24, 2.45) is 0 Å². The number of hydrogen-bond donors (Lipinski definition) is 2. The number of benzene rings is 1. The Balaban J connectivity index is 1.81. The highest BCUT2D eigenvalue weighted by Crippen LogP contribution is 2.17. The van der Waals surface area contributed by atoms with Crippen LogP contribution in [0, 0.1) is 0 Å². The second-order valence-electron chi connectivity index (χ2n) is 4.62. The smallest absolute Gasteiger partial charge is 0.134 e. The maximum absolute atomic E-state index is 4.29. The van der Waals surface area contributed by atoms with Crippen LogP contribution in [0.4, 0.5) is 11.6 Å². The minimum atomic E-state index is 0.773. The highest BCUT2D eigenvalue weighted by atomic mass is 15.2. The fourth-order valence-corrected chi connectivity index (χ4v) is 2.13. The summed E-state index contributed by atoms with van der Waals surface area (Å²) < 4.78 is 0. The van der Waals surface area contributed by atoms with Gasteiger partial charge in [-0.25, -0.2) is 15.0 Å². The molecule has 0 amide bonds. The molecule has 1 aromatic carbocycles. The van der Waals surface area contributed by atoms with Gasteiger partial charge in [0.25, 0.3) is 0 Å². The van der Waals surface area contributed by atoms with Crippen LogP contribution in [0.1, 0.15) is 5.56 Å². The van der Waals surface area contributed by atoms with Gasteiger partial charge in [0.1, 0.15) is 18.0 Å². The molecule has 0 saturated carbocycles. The van der Waals surface area contributed by atoms with Crippen molar-refractivity contribution in [1.82, 2.24) is 19.9 Å². The molecule has 0 aliphatic heterocycles. The Kier molecular flexibility index (Phi) is 3.20. The van der Waals surface area contributed by atoms with E-state index in [1.54, 1.807) is 12.7 Å². The number of imidazole rings is 1. The predicted molar refractivity (Wildman–Crippen MR) is 79.8 cm³/mol. The molecule has 2 heterocycles. The summed E-state index contributed by atoms with van der Waals surface area (Å²) >= 11 is 0. The average molecular weight is 268 g/mol. The Morgan fingerprint density at radius 3 is 2.95 bits per heavy atom. The third-order valence-electron chi connectivity index (χ3n) is 3.20. The summed E-state index contributed by atoms with van der Waals surface area (Å²) in [5.41, 5.74) is 3.24. The maximum Gasteiger partial charge on any atom is 0.134 e. The lowest BCUT2D eigenvalue weighted by molar-refractivity contribution is 0.892. The lowest BCUT2D eigenvalue weighted by Gasteiger charge is -2.18. The van der Waals surface area contributed by atoms with Crippen LogP contribution in [0.25, 0.3) is 11.0 Å². The van der Waals surface area contributed by atoms with Crippen LogP contribution < -0.4 is 10.2 Å². The van der Waals surface area contributed by atoms with Gasteiger partial charge in [0, 0.05) is 26.7 Å². The van der Waals surface area contributed by atoms with Crippen molar-refractivity contribution in [2.45, 2.75) is 6.54 Å². The second kappa shape index (κ2) is 5.16. The number of nitrogens with zero attached hydrogens (tertiary/aromatic N) is 4. The summed E-state index contributed by atoms with van der Waals surface area (Å²) in [6, 6.07) is 8.14. The fourth-order valence-electron chi connectivity index (χ4n) is 2.13. The number of nitrogens with one attached hydrogen (secondary N) is 2. The van der Waals surface area contributed by atoms with Crippen LogP contribution in [0.15, 0.2) is 36.9 Å². The van der Waals surface area contributed by atoms with Gasteiger partial charge in [-0.2, -0.15) is 0 Å². The Labute approximate surface area is 116 Å². The SMILES string of the molecule is CNc1cc(N(C)Cc2ccc3nc[nH]c3c2)ncn1. The molecule has 2 aromatic heterocycles. The standard InChI is InChI=1S/C14H16N6/c1-15-13-6-14(19-9-18-13)20(2)7-10-3-4-11-12(5-10)17-8-16-11/h3-6,8-9H,7H2,1-2H3,(H,16,17)(H,15,18,19). The van der Waals surface area contributed by atoms with E-state index in [1.165, 1.54) is 5.56 Å². The third kappa shape index (κ3) is 2.40. The lowest BCUT2D eigenvalue weighted by Crippen LogP contribution is -2.18. The molecule has 0 radical (unpaired) electrons. The van der Waals surface area contributed by atoms with E-state index in [0.29, 0.717) is 0 Å². The van der Waals surface area contributed by atoms with E-state index in [0.717, 1.165) is 29.2 Å². The van der Waals surface area contributed by atoms with E-state index in [4.69, 9.17) is 0 Å². The quantitative estimate of drug-likeness (QED) is 0.757. The van der Waals surface area contributed by atoms with Crippen molar-refractivity contribution in [1.29, 1.82) is 0 Å². The largest absolute Gasteiger partial charge is 0.373 e. The van der Waals surface area contributed by atoms with Crippen LogP contribution in [0.2, 0.25) is 0 Å².